The van der Waals surface area contributed by atoms with Crippen LogP contribution in [-0.4, -0.2) is 27.1 Å². The van der Waals surface area contributed by atoms with Crippen molar-refractivity contribution in [2.45, 2.75) is 12.1 Å². The summed E-state index contributed by atoms with van der Waals surface area (Å²) in [4.78, 5) is 27.6. The number of hydrogen-bond acceptors (Lipinski definition) is 4. The quantitative estimate of drug-likeness (QED) is 0.554. The molecule has 0 aliphatic carbocycles. The summed E-state index contributed by atoms with van der Waals surface area (Å²) in [6.45, 7) is 1.45. The van der Waals surface area contributed by atoms with Crippen molar-refractivity contribution in [3.8, 4) is 5.69 Å². The fourth-order valence-electron chi connectivity index (χ4n) is 2.36. The van der Waals surface area contributed by atoms with Gasteiger partial charge in [-0.2, -0.15) is 0 Å². The lowest BCUT2D eigenvalue weighted by Crippen LogP contribution is -2.14. The Kier molecular flexibility index (Phi) is 6.31. The summed E-state index contributed by atoms with van der Waals surface area (Å²) >= 11 is 4.78. The predicted octanol–water partition coefficient (Wildman–Crippen LogP) is 4.32. The number of anilines is 2. The molecule has 138 valence electrons. The highest BCUT2D eigenvalue weighted by molar-refractivity contribution is 9.10. The van der Waals surface area contributed by atoms with Crippen LogP contribution in [0.1, 0.15) is 6.92 Å². The molecule has 0 radical (unpaired) electrons. The van der Waals surface area contributed by atoms with Gasteiger partial charge >= 0.3 is 0 Å². The number of carbonyl (C=O) groups excluding carboxylic acids is 2. The Morgan fingerprint density at radius 1 is 1.04 bits per heavy atom. The summed E-state index contributed by atoms with van der Waals surface area (Å²) in [6, 6.07) is 14.9. The van der Waals surface area contributed by atoms with E-state index in [4.69, 9.17) is 0 Å². The molecule has 3 aromatic rings. The molecule has 0 spiro atoms. The van der Waals surface area contributed by atoms with Crippen LogP contribution >= 0.6 is 27.7 Å². The van der Waals surface area contributed by atoms with Gasteiger partial charge in [-0.25, -0.2) is 4.98 Å². The van der Waals surface area contributed by atoms with Crippen molar-refractivity contribution in [2.24, 2.45) is 0 Å². The van der Waals surface area contributed by atoms with E-state index in [1.165, 1.54) is 18.7 Å². The molecule has 3 rings (SSSR count). The van der Waals surface area contributed by atoms with Crippen LogP contribution in [-0.2, 0) is 9.59 Å². The van der Waals surface area contributed by atoms with Crippen molar-refractivity contribution in [1.29, 1.82) is 0 Å². The Bertz CT molecular complexity index is 939. The van der Waals surface area contributed by atoms with Gasteiger partial charge in [0.05, 0.1) is 5.75 Å². The van der Waals surface area contributed by atoms with E-state index in [-0.39, 0.29) is 17.6 Å². The van der Waals surface area contributed by atoms with Crippen molar-refractivity contribution in [1.82, 2.24) is 9.55 Å². The molecular weight excluding hydrogens is 428 g/mol. The smallest absolute Gasteiger partial charge is 0.234 e. The molecule has 0 unspecified atom stereocenters. The van der Waals surface area contributed by atoms with E-state index in [0.29, 0.717) is 11.4 Å². The molecule has 6 nitrogen and oxygen atoms in total. The molecule has 2 amide bonds. The fraction of sp³-hybridized carbons (Fsp3) is 0.105. The van der Waals surface area contributed by atoms with Gasteiger partial charge in [-0.15, -0.1) is 0 Å². The van der Waals surface area contributed by atoms with Crippen LogP contribution in [0, 0.1) is 0 Å². The molecule has 0 aliphatic rings. The number of carbonyl (C=O) groups is 2. The van der Waals surface area contributed by atoms with Crippen LogP contribution in [0.4, 0.5) is 11.4 Å². The average molecular weight is 445 g/mol. The Morgan fingerprint density at radius 3 is 2.30 bits per heavy atom. The molecule has 2 N–H and O–H groups in total. The van der Waals surface area contributed by atoms with Crippen LogP contribution < -0.4 is 10.6 Å². The predicted molar refractivity (Wildman–Crippen MR) is 111 cm³/mol. The zero-order valence-electron chi connectivity index (χ0n) is 14.5. The van der Waals surface area contributed by atoms with Crippen LogP contribution in [0.5, 0.6) is 0 Å². The van der Waals surface area contributed by atoms with Crippen molar-refractivity contribution in [3.05, 3.63) is 65.4 Å². The summed E-state index contributed by atoms with van der Waals surface area (Å²) in [5.74, 6) is -0.0249. The van der Waals surface area contributed by atoms with Gasteiger partial charge in [-0.1, -0.05) is 27.7 Å². The molecular formula is C19H17BrN4O2S. The first-order chi connectivity index (χ1) is 13.0. The van der Waals surface area contributed by atoms with Crippen molar-refractivity contribution >= 4 is 50.9 Å². The Morgan fingerprint density at radius 2 is 1.67 bits per heavy atom. The molecule has 1 aromatic heterocycles. The number of nitrogens with zero attached hydrogens (tertiary/aromatic N) is 2. The summed E-state index contributed by atoms with van der Waals surface area (Å²) < 4.78 is 2.94. The fourth-order valence-corrected chi connectivity index (χ4v) is 3.40. The maximum absolute atomic E-state index is 12.2. The van der Waals surface area contributed by atoms with Gasteiger partial charge in [0, 0.05) is 40.9 Å². The second-order valence-corrected chi connectivity index (χ2v) is 7.51. The van der Waals surface area contributed by atoms with Crippen molar-refractivity contribution in [3.63, 3.8) is 0 Å². The summed E-state index contributed by atoms with van der Waals surface area (Å²) in [6.07, 6.45) is 3.58. The molecule has 27 heavy (non-hydrogen) atoms. The van der Waals surface area contributed by atoms with Crippen LogP contribution in [0.15, 0.2) is 70.6 Å². The number of thioether (sulfide) groups is 1. The maximum Gasteiger partial charge on any atom is 0.234 e. The molecule has 0 bridgehead atoms. The minimum atomic E-state index is -0.135. The second kappa shape index (κ2) is 8.88. The number of amides is 2. The van der Waals surface area contributed by atoms with E-state index in [1.807, 2.05) is 35.0 Å². The van der Waals surface area contributed by atoms with Crippen molar-refractivity contribution in [2.75, 3.05) is 16.4 Å². The van der Waals surface area contributed by atoms with Gasteiger partial charge in [-0.05, 0) is 48.5 Å². The number of aromatic nitrogens is 2. The summed E-state index contributed by atoms with van der Waals surface area (Å²) in [5.41, 5.74) is 2.34. The lowest BCUT2D eigenvalue weighted by atomic mass is 10.3. The maximum atomic E-state index is 12.2. The Hall–Kier alpha value is -2.58. The zero-order chi connectivity index (χ0) is 19.2. The van der Waals surface area contributed by atoms with Gasteiger partial charge in [0.1, 0.15) is 0 Å². The van der Waals surface area contributed by atoms with E-state index in [9.17, 15) is 9.59 Å². The minimum Gasteiger partial charge on any atom is -0.326 e. The summed E-state index contributed by atoms with van der Waals surface area (Å²) in [7, 11) is 0. The van der Waals surface area contributed by atoms with Crippen LogP contribution in [0.3, 0.4) is 0 Å². The third kappa shape index (κ3) is 5.45. The molecule has 2 aromatic carbocycles. The molecule has 1 heterocycles. The van der Waals surface area contributed by atoms with E-state index in [0.717, 1.165) is 15.3 Å². The highest BCUT2D eigenvalue weighted by atomic mass is 79.9. The minimum absolute atomic E-state index is 0.127. The zero-order valence-corrected chi connectivity index (χ0v) is 16.9. The SMILES string of the molecule is CC(=O)Nc1ccc(NC(=O)CSc2nccn2-c2ccc(Br)cc2)cc1. The Labute approximate surface area is 169 Å². The lowest BCUT2D eigenvalue weighted by Gasteiger charge is -2.09. The first kappa shape index (κ1) is 19.2. The highest BCUT2D eigenvalue weighted by Crippen LogP contribution is 2.22. The Balaban J connectivity index is 1.58. The second-order valence-electron chi connectivity index (χ2n) is 5.65. The van der Waals surface area contributed by atoms with Gasteiger partial charge in [-0.3, -0.25) is 14.2 Å². The molecule has 8 heteroatoms. The lowest BCUT2D eigenvalue weighted by molar-refractivity contribution is -0.114. The summed E-state index contributed by atoms with van der Waals surface area (Å²) in [5, 5.41) is 6.26. The highest BCUT2D eigenvalue weighted by Gasteiger charge is 2.09. The molecule has 0 aliphatic heterocycles. The molecule has 0 saturated carbocycles. The van der Waals surface area contributed by atoms with Crippen LogP contribution in [0.2, 0.25) is 0 Å². The number of rotatable bonds is 6. The third-order valence-corrected chi connectivity index (χ3v) is 5.03. The van der Waals surface area contributed by atoms with E-state index in [2.05, 4.69) is 31.5 Å². The van der Waals surface area contributed by atoms with E-state index in [1.54, 1.807) is 30.5 Å². The third-order valence-electron chi connectivity index (χ3n) is 3.53. The monoisotopic (exact) mass is 444 g/mol. The number of imidazole rings is 1. The first-order valence-electron chi connectivity index (χ1n) is 8.11. The number of nitrogens with one attached hydrogen (secondary N) is 2. The van der Waals surface area contributed by atoms with Gasteiger partial charge < -0.3 is 10.6 Å². The first-order valence-corrected chi connectivity index (χ1v) is 9.89. The van der Waals surface area contributed by atoms with E-state index >= 15 is 0 Å². The molecule has 0 fully saturated rings. The number of hydrogen-bond donors (Lipinski definition) is 2. The largest absolute Gasteiger partial charge is 0.326 e. The van der Waals surface area contributed by atoms with Crippen molar-refractivity contribution < 1.29 is 9.59 Å². The standard InChI is InChI=1S/C19H17BrN4O2S/c1-13(25)22-15-4-6-16(7-5-15)23-18(26)12-27-19-21-10-11-24(19)17-8-2-14(20)3-9-17/h2-11H,12H2,1H3,(H,22,25)(H,23,26). The number of benzene rings is 2. The van der Waals surface area contributed by atoms with Gasteiger partial charge in [0.15, 0.2) is 5.16 Å². The topological polar surface area (TPSA) is 76.0 Å². The van der Waals surface area contributed by atoms with Gasteiger partial charge in [0.2, 0.25) is 11.8 Å². The average Bonchev–Trinajstić information content (AvgIpc) is 3.10. The van der Waals surface area contributed by atoms with E-state index < -0.39 is 0 Å². The number of halogens is 1. The molecule has 0 saturated heterocycles. The van der Waals surface area contributed by atoms with Crippen LogP contribution in [0.25, 0.3) is 5.69 Å². The molecule has 0 atom stereocenters. The van der Waals surface area contributed by atoms with Gasteiger partial charge in [0.25, 0.3) is 0 Å². The normalized spacial score (nSPS) is 10.4.